The van der Waals surface area contributed by atoms with Crippen molar-refractivity contribution in [2.75, 3.05) is 6.54 Å². The molecular formula is C19H19ClN2S. The monoisotopic (exact) mass is 342 g/mol. The van der Waals surface area contributed by atoms with Gasteiger partial charge in [0, 0.05) is 17.8 Å². The van der Waals surface area contributed by atoms with Gasteiger partial charge in [-0.05, 0) is 37.1 Å². The zero-order chi connectivity index (χ0) is 16.1. The minimum absolute atomic E-state index is 0.793. The molecule has 0 bridgehead atoms. The van der Waals surface area contributed by atoms with E-state index in [-0.39, 0.29) is 0 Å². The topological polar surface area (TPSA) is 24.9 Å². The molecule has 0 saturated heterocycles. The SMILES string of the molecule is Cc1ccc(-c2cnc(CNCCc3ccccc3Cl)s2)cc1. The van der Waals surface area contributed by atoms with Crippen molar-refractivity contribution in [3.05, 3.63) is 75.9 Å². The van der Waals surface area contributed by atoms with Gasteiger partial charge in [0.2, 0.25) is 0 Å². The highest BCUT2D eigenvalue weighted by molar-refractivity contribution is 7.15. The van der Waals surface area contributed by atoms with Gasteiger partial charge in [-0.1, -0.05) is 59.6 Å². The molecule has 0 unspecified atom stereocenters. The molecule has 1 N–H and O–H groups in total. The molecule has 2 aromatic carbocycles. The van der Waals surface area contributed by atoms with Crippen molar-refractivity contribution in [1.82, 2.24) is 10.3 Å². The Hall–Kier alpha value is -1.68. The van der Waals surface area contributed by atoms with Crippen LogP contribution in [0, 0.1) is 6.92 Å². The molecule has 23 heavy (non-hydrogen) atoms. The quantitative estimate of drug-likeness (QED) is 0.630. The van der Waals surface area contributed by atoms with Gasteiger partial charge >= 0.3 is 0 Å². The van der Waals surface area contributed by atoms with Gasteiger partial charge in [-0.3, -0.25) is 0 Å². The maximum atomic E-state index is 6.16. The molecule has 0 radical (unpaired) electrons. The van der Waals surface area contributed by atoms with E-state index in [2.05, 4.69) is 47.6 Å². The van der Waals surface area contributed by atoms with E-state index in [1.165, 1.54) is 21.6 Å². The molecule has 1 aromatic heterocycles. The van der Waals surface area contributed by atoms with Crippen LogP contribution >= 0.6 is 22.9 Å². The van der Waals surface area contributed by atoms with Crippen LogP contribution in [0.15, 0.2) is 54.7 Å². The van der Waals surface area contributed by atoms with Crippen molar-refractivity contribution in [3.8, 4) is 10.4 Å². The van der Waals surface area contributed by atoms with Crippen LogP contribution in [0.1, 0.15) is 16.1 Å². The maximum absolute atomic E-state index is 6.16. The van der Waals surface area contributed by atoms with Crippen LogP contribution in [0.2, 0.25) is 5.02 Å². The molecule has 4 heteroatoms. The number of rotatable bonds is 6. The number of thiazole rings is 1. The summed E-state index contributed by atoms with van der Waals surface area (Å²) in [6, 6.07) is 16.6. The van der Waals surface area contributed by atoms with Crippen molar-refractivity contribution in [1.29, 1.82) is 0 Å². The largest absolute Gasteiger partial charge is 0.310 e. The smallest absolute Gasteiger partial charge is 0.107 e. The van der Waals surface area contributed by atoms with E-state index in [1.807, 2.05) is 24.4 Å². The average Bonchev–Trinajstić information content (AvgIpc) is 3.03. The van der Waals surface area contributed by atoms with Crippen LogP contribution in [0.25, 0.3) is 10.4 Å². The van der Waals surface area contributed by atoms with Crippen LogP contribution in [-0.2, 0) is 13.0 Å². The summed E-state index contributed by atoms with van der Waals surface area (Å²) in [5.74, 6) is 0. The fourth-order valence-electron chi connectivity index (χ4n) is 2.36. The Morgan fingerprint density at radius 1 is 1.09 bits per heavy atom. The number of halogens is 1. The van der Waals surface area contributed by atoms with E-state index in [4.69, 9.17) is 11.6 Å². The molecule has 0 aliphatic carbocycles. The maximum Gasteiger partial charge on any atom is 0.107 e. The second-order valence-electron chi connectivity index (χ2n) is 5.50. The summed E-state index contributed by atoms with van der Waals surface area (Å²) in [6.07, 6.45) is 2.89. The molecule has 0 amide bonds. The zero-order valence-electron chi connectivity index (χ0n) is 13.1. The first-order chi connectivity index (χ1) is 11.2. The van der Waals surface area contributed by atoms with Gasteiger partial charge in [-0.2, -0.15) is 0 Å². The van der Waals surface area contributed by atoms with Crippen molar-refractivity contribution in [2.45, 2.75) is 19.9 Å². The third-order valence-corrected chi connectivity index (χ3v) is 5.11. The lowest BCUT2D eigenvalue weighted by Gasteiger charge is -2.04. The summed E-state index contributed by atoms with van der Waals surface area (Å²) in [6.45, 7) is 3.79. The third-order valence-electron chi connectivity index (χ3n) is 3.69. The number of hydrogen-bond donors (Lipinski definition) is 1. The lowest BCUT2D eigenvalue weighted by molar-refractivity contribution is 0.684. The predicted molar refractivity (Wildman–Crippen MR) is 99.1 cm³/mol. The predicted octanol–water partition coefficient (Wildman–Crippen LogP) is 5.10. The number of aromatic nitrogens is 1. The van der Waals surface area contributed by atoms with Crippen molar-refractivity contribution >= 4 is 22.9 Å². The fraction of sp³-hybridized carbons (Fsp3) is 0.211. The summed E-state index contributed by atoms with van der Waals surface area (Å²) in [7, 11) is 0. The van der Waals surface area contributed by atoms with E-state index >= 15 is 0 Å². The van der Waals surface area contributed by atoms with Crippen LogP contribution < -0.4 is 5.32 Å². The second-order valence-corrected chi connectivity index (χ2v) is 7.02. The van der Waals surface area contributed by atoms with Gasteiger partial charge in [0.05, 0.1) is 4.88 Å². The molecule has 118 valence electrons. The van der Waals surface area contributed by atoms with E-state index < -0.39 is 0 Å². The van der Waals surface area contributed by atoms with E-state index in [0.717, 1.165) is 29.5 Å². The molecule has 0 aliphatic rings. The first-order valence-electron chi connectivity index (χ1n) is 7.68. The Bertz CT molecular complexity index is 765. The van der Waals surface area contributed by atoms with Crippen LogP contribution in [0.5, 0.6) is 0 Å². The lowest BCUT2D eigenvalue weighted by Crippen LogP contribution is -2.16. The van der Waals surface area contributed by atoms with E-state index in [0.29, 0.717) is 0 Å². The standard InChI is InChI=1S/C19H19ClN2S/c1-14-6-8-16(9-7-14)18-12-22-19(23-18)13-21-11-10-15-4-2-3-5-17(15)20/h2-9,12,21H,10-11,13H2,1H3. The molecule has 0 aliphatic heterocycles. The summed E-state index contributed by atoms with van der Waals surface area (Å²) in [5.41, 5.74) is 3.69. The molecule has 0 spiro atoms. The Kier molecular flexibility index (Phi) is 5.44. The molecule has 0 atom stereocenters. The first kappa shape index (κ1) is 16.2. The number of aryl methyl sites for hydroxylation is 1. The van der Waals surface area contributed by atoms with E-state index in [1.54, 1.807) is 11.3 Å². The number of nitrogens with zero attached hydrogens (tertiary/aromatic N) is 1. The molecule has 0 fully saturated rings. The van der Waals surface area contributed by atoms with Crippen LogP contribution in [0.4, 0.5) is 0 Å². The molecule has 1 heterocycles. The van der Waals surface area contributed by atoms with Crippen molar-refractivity contribution in [2.24, 2.45) is 0 Å². The van der Waals surface area contributed by atoms with Gasteiger partial charge < -0.3 is 5.32 Å². The first-order valence-corrected chi connectivity index (χ1v) is 8.88. The highest BCUT2D eigenvalue weighted by atomic mass is 35.5. The minimum Gasteiger partial charge on any atom is -0.310 e. The Labute approximate surface area is 146 Å². The van der Waals surface area contributed by atoms with Gasteiger partial charge in [0.15, 0.2) is 0 Å². The Morgan fingerprint density at radius 2 is 1.87 bits per heavy atom. The van der Waals surface area contributed by atoms with Gasteiger partial charge in [0.1, 0.15) is 5.01 Å². The average molecular weight is 343 g/mol. The highest BCUT2D eigenvalue weighted by Crippen LogP contribution is 2.26. The molecular weight excluding hydrogens is 324 g/mol. The number of nitrogens with one attached hydrogen (secondary N) is 1. The van der Waals surface area contributed by atoms with E-state index in [9.17, 15) is 0 Å². The normalized spacial score (nSPS) is 10.9. The highest BCUT2D eigenvalue weighted by Gasteiger charge is 2.04. The fourth-order valence-corrected chi connectivity index (χ4v) is 3.49. The molecule has 3 rings (SSSR count). The Morgan fingerprint density at radius 3 is 2.65 bits per heavy atom. The molecule has 3 aromatic rings. The Balaban J connectivity index is 1.52. The lowest BCUT2D eigenvalue weighted by atomic mass is 10.1. The van der Waals surface area contributed by atoms with Crippen molar-refractivity contribution < 1.29 is 0 Å². The summed E-state index contributed by atoms with van der Waals surface area (Å²) in [5, 5.41) is 5.39. The van der Waals surface area contributed by atoms with Crippen molar-refractivity contribution in [3.63, 3.8) is 0 Å². The summed E-state index contributed by atoms with van der Waals surface area (Å²) < 4.78 is 0. The van der Waals surface area contributed by atoms with Crippen LogP contribution in [0.3, 0.4) is 0 Å². The van der Waals surface area contributed by atoms with Gasteiger partial charge in [0.25, 0.3) is 0 Å². The number of benzene rings is 2. The summed E-state index contributed by atoms with van der Waals surface area (Å²) in [4.78, 5) is 5.72. The molecule has 2 nitrogen and oxygen atoms in total. The van der Waals surface area contributed by atoms with Gasteiger partial charge in [-0.15, -0.1) is 11.3 Å². The minimum atomic E-state index is 0.793. The summed E-state index contributed by atoms with van der Waals surface area (Å²) >= 11 is 7.91. The molecule has 0 saturated carbocycles. The van der Waals surface area contributed by atoms with Gasteiger partial charge in [-0.25, -0.2) is 4.98 Å². The second kappa shape index (κ2) is 7.73. The van der Waals surface area contributed by atoms with Crippen LogP contribution in [-0.4, -0.2) is 11.5 Å². The third kappa shape index (κ3) is 4.41. The number of hydrogen-bond acceptors (Lipinski definition) is 3. The zero-order valence-corrected chi connectivity index (χ0v) is 14.6.